The quantitative estimate of drug-likeness (QED) is 0.435. The number of benzene rings is 2. The number of carbonyl (C=O) groups excluding carboxylic acids is 2. The fourth-order valence-corrected chi connectivity index (χ4v) is 3.39. The number of anilines is 2. The molecule has 0 atom stereocenters. The second kappa shape index (κ2) is 9.55. The van der Waals surface area contributed by atoms with Crippen molar-refractivity contribution >= 4 is 40.0 Å². The molecule has 31 heavy (non-hydrogen) atoms. The predicted molar refractivity (Wildman–Crippen MR) is 118 cm³/mol. The summed E-state index contributed by atoms with van der Waals surface area (Å²) >= 11 is 1.27. The fraction of sp³-hybridized carbons (Fsp3) is 0.0476. The number of carbonyl (C=O) groups is 2. The Labute approximate surface area is 181 Å². The topological polar surface area (TPSA) is 115 Å². The van der Waals surface area contributed by atoms with E-state index in [1.54, 1.807) is 35.7 Å². The first kappa shape index (κ1) is 20.1. The van der Waals surface area contributed by atoms with Crippen LogP contribution in [-0.2, 0) is 16.0 Å². The first-order valence-electron chi connectivity index (χ1n) is 9.27. The number of hydrogen-bond donors (Lipinski definition) is 2. The first-order valence-corrected chi connectivity index (χ1v) is 10.2. The molecule has 2 N–H and O–H groups in total. The van der Waals surface area contributed by atoms with Crippen LogP contribution in [0.4, 0.5) is 10.8 Å². The Morgan fingerprint density at radius 2 is 1.84 bits per heavy atom. The summed E-state index contributed by atoms with van der Waals surface area (Å²) in [5.74, 6) is -0.487. The molecule has 0 aliphatic heterocycles. The molecule has 2 amide bonds. The van der Waals surface area contributed by atoms with Gasteiger partial charge in [0.05, 0.1) is 17.8 Å². The van der Waals surface area contributed by atoms with Gasteiger partial charge in [-0.25, -0.2) is 9.67 Å². The third-order valence-corrected chi connectivity index (χ3v) is 4.92. The van der Waals surface area contributed by atoms with Crippen molar-refractivity contribution in [2.75, 3.05) is 10.6 Å². The number of hydrogen-bond acceptors (Lipinski definition) is 7. The molecule has 0 spiro atoms. The molecule has 0 saturated carbocycles. The maximum Gasteiger partial charge on any atom is 0.250 e. The van der Waals surface area contributed by atoms with Crippen molar-refractivity contribution in [1.82, 2.24) is 25.2 Å². The lowest BCUT2D eigenvalue weighted by Gasteiger charge is -2.05. The number of amides is 2. The number of aromatic nitrogens is 5. The average Bonchev–Trinajstić information content (AvgIpc) is 3.46. The molecular formula is C21H17N7O2S. The van der Waals surface area contributed by atoms with Gasteiger partial charge in [-0.2, -0.15) is 0 Å². The maximum atomic E-state index is 12.3. The van der Waals surface area contributed by atoms with Gasteiger partial charge in [0, 0.05) is 17.1 Å². The molecule has 154 valence electrons. The lowest BCUT2D eigenvalue weighted by atomic mass is 10.2. The van der Waals surface area contributed by atoms with Crippen LogP contribution in [0.3, 0.4) is 0 Å². The van der Waals surface area contributed by atoms with Crippen LogP contribution in [-0.4, -0.2) is 37.0 Å². The van der Waals surface area contributed by atoms with Crippen molar-refractivity contribution < 1.29 is 9.59 Å². The molecule has 0 fully saturated rings. The second-order valence-electron chi connectivity index (χ2n) is 6.40. The molecule has 9 nitrogen and oxygen atoms in total. The van der Waals surface area contributed by atoms with E-state index in [0.29, 0.717) is 16.5 Å². The van der Waals surface area contributed by atoms with E-state index in [-0.39, 0.29) is 18.2 Å². The smallest absolute Gasteiger partial charge is 0.250 e. The molecule has 4 rings (SSSR count). The zero-order chi connectivity index (χ0) is 21.5. The van der Waals surface area contributed by atoms with Gasteiger partial charge < -0.3 is 5.32 Å². The number of thiazole rings is 1. The Kier molecular flexibility index (Phi) is 6.19. The van der Waals surface area contributed by atoms with Crippen LogP contribution in [0.2, 0.25) is 0 Å². The summed E-state index contributed by atoms with van der Waals surface area (Å²) in [5, 5.41) is 18.7. The summed E-state index contributed by atoms with van der Waals surface area (Å²) in [7, 11) is 0. The van der Waals surface area contributed by atoms with Crippen molar-refractivity contribution in [3.8, 4) is 5.69 Å². The number of nitrogens with one attached hydrogen (secondary N) is 2. The molecule has 2 aromatic carbocycles. The highest BCUT2D eigenvalue weighted by atomic mass is 32.1. The van der Waals surface area contributed by atoms with Crippen LogP contribution in [0, 0.1) is 0 Å². The van der Waals surface area contributed by atoms with Crippen molar-refractivity contribution in [2.24, 2.45) is 0 Å². The Morgan fingerprint density at radius 1 is 1.03 bits per heavy atom. The van der Waals surface area contributed by atoms with Gasteiger partial charge in [0.1, 0.15) is 6.33 Å². The summed E-state index contributed by atoms with van der Waals surface area (Å²) in [5.41, 5.74) is 2.94. The van der Waals surface area contributed by atoms with Crippen LogP contribution in [0.5, 0.6) is 0 Å². The lowest BCUT2D eigenvalue weighted by Crippen LogP contribution is -2.15. The second-order valence-corrected chi connectivity index (χ2v) is 7.26. The van der Waals surface area contributed by atoms with Crippen LogP contribution >= 0.6 is 11.3 Å². The summed E-state index contributed by atoms with van der Waals surface area (Å²) in [6, 6.07) is 16.7. The highest BCUT2D eigenvalue weighted by molar-refractivity contribution is 7.14. The minimum Gasteiger partial charge on any atom is -0.326 e. The van der Waals surface area contributed by atoms with Gasteiger partial charge in [0.15, 0.2) is 5.13 Å². The van der Waals surface area contributed by atoms with E-state index >= 15 is 0 Å². The zero-order valence-corrected chi connectivity index (χ0v) is 17.0. The number of nitrogens with zero attached hydrogens (tertiary/aromatic N) is 5. The molecular weight excluding hydrogens is 414 g/mol. The van der Waals surface area contributed by atoms with E-state index in [1.807, 2.05) is 30.3 Å². The van der Waals surface area contributed by atoms with E-state index in [9.17, 15) is 9.59 Å². The molecule has 0 unspecified atom stereocenters. The minimum absolute atomic E-state index is 0.0982. The summed E-state index contributed by atoms with van der Waals surface area (Å²) in [4.78, 5) is 28.7. The summed E-state index contributed by atoms with van der Waals surface area (Å²) in [6.07, 6.45) is 4.76. The monoisotopic (exact) mass is 431 g/mol. The largest absolute Gasteiger partial charge is 0.326 e. The van der Waals surface area contributed by atoms with Gasteiger partial charge in [-0.1, -0.05) is 30.3 Å². The zero-order valence-electron chi connectivity index (χ0n) is 16.2. The van der Waals surface area contributed by atoms with Crippen LogP contribution in [0.1, 0.15) is 11.3 Å². The average molecular weight is 431 g/mol. The van der Waals surface area contributed by atoms with Crippen LogP contribution in [0.15, 0.2) is 72.4 Å². The van der Waals surface area contributed by atoms with Gasteiger partial charge in [0.2, 0.25) is 11.8 Å². The summed E-state index contributed by atoms with van der Waals surface area (Å²) < 4.78 is 1.52. The first-order chi connectivity index (χ1) is 15.2. The Bertz CT molecular complexity index is 1190. The Hall–Kier alpha value is -4.18. The van der Waals surface area contributed by atoms with Crippen LogP contribution in [0.25, 0.3) is 11.8 Å². The third kappa shape index (κ3) is 5.67. The highest BCUT2D eigenvalue weighted by Gasteiger charge is 2.10. The molecule has 0 bridgehead atoms. The molecule has 2 aromatic heterocycles. The highest BCUT2D eigenvalue weighted by Crippen LogP contribution is 2.17. The SMILES string of the molecule is O=C(/C=C/c1ccccc1)Nc1nc(CC(=O)Nc2ccc(-n3cnnn3)cc2)cs1. The molecule has 0 aliphatic carbocycles. The van der Waals surface area contributed by atoms with Gasteiger partial charge in [-0.05, 0) is 46.3 Å². The van der Waals surface area contributed by atoms with Gasteiger partial charge in [0.25, 0.3) is 0 Å². The van der Waals surface area contributed by atoms with E-state index in [0.717, 1.165) is 11.3 Å². The van der Waals surface area contributed by atoms with Gasteiger partial charge in [-0.15, -0.1) is 16.4 Å². The van der Waals surface area contributed by atoms with E-state index < -0.39 is 0 Å². The van der Waals surface area contributed by atoms with Gasteiger partial charge >= 0.3 is 0 Å². The van der Waals surface area contributed by atoms with E-state index in [2.05, 4.69) is 31.1 Å². The molecule has 10 heteroatoms. The van der Waals surface area contributed by atoms with Gasteiger partial charge in [-0.3, -0.25) is 14.9 Å². The summed E-state index contributed by atoms with van der Waals surface area (Å²) in [6.45, 7) is 0. The molecule has 0 radical (unpaired) electrons. The Morgan fingerprint density at radius 3 is 2.58 bits per heavy atom. The van der Waals surface area contributed by atoms with Crippen LogP contribution < -0.4 is 10.6 Å². The van der Waals surface area contributed by atoms with Crippen molar-refractivity contribution in [2.45, 2.75) is 6.42 Å². The van der Waals surface area contributed by atoms with E-state index in [4.69, 9.17) is 0 Å². The standard InChI is InChI=1S/C21H17N7O2S/c29-19(11-6-15-4-2-1-3-5-15)25-21-24-17(13-31-21)12-20(30)23-16-7-9-18(10-8-16)28-14-22-26-27-28/h1-11,13-14H,12H2,(H,23,30)(H,24,25,29)/b11-6+. The maximum absolute atomic E-state index is 12.3. The molecule has 2 heterocycles. The van der Waals surface area contributed by atoms with Crippen molar-refractivity contribution in [3.05, 3.63) is 83.6 Å². The third-order valence-electron chi connectivity index (χ3n) is 4.11. The lowest BCUT2D eigenvalue weighted by molar-refractivity contribution is -0.115. The minimum atomic E-state index is -0.281. The molecule has 0 aliphatic rings. The van der Waals surface area contributed by atoms with Crippen molar-refractivity contribution in [3.63, 3.8) is 0 Å². The molecule has 4 aromatic rings. The van der Waals surface area contributed by atoms with E-state index in [1.165, 1.54) is 28.4 Å². The number of rotatable bonds is 7. The molecule has 0 saturated heterocycles. The van der Waals surface area contributed by atoms with Crippen molar-refractivity contribution in [1.29, 1.82) is 0 Å². The Balaban J connectivity index is 1.28. The fourth-order valence-electron chi connectivity index (χ4n) is 2.68. The number of tetrazole rings is 1. The predicted octanol–water partition coefficient (Wildman–Crippen LogP) is 2.95. The normalized spacial score (nSPS) is 10.8.